The van der Waals surface area contributed by atoms with E-state index in [1.165, 1.54) is 0 Å². The van der Waals surface area contributed by atoms with Gasteiger partial charge in [-0.05, 0) is 18.6 Å². The van der Waals surface area contributed by atoms with Gasteiger partial charge in [-0.15, -0.1) is 0 Å². The molecule has 0 unspecified atom stereocenters. The third-order valence-electron chi connectivity index (χ3n) is 1.82. The SMILES string of the molecule is CCC1(C)C=COC=C1. The number of hydrogen-bond acceptors (Lipinski definition) is 1. The lowest BCUT2D eigenvalue weighted by Gasteiger charge is -2.20. The molecule has 1 aliphatic heterocycles. The van der Waals surface area contributed by atoms with Crippen LogP contribution < -0.4 is 0 Å². The highest BCUT2D eigenvalue weighted by molar-refractivity contribution is 5.09. The number of rotatable bonds is 1. The molecule has 0 atom stereocenters. The summed E-state index contributed by atoms with van der Waals surface area (Å²) in [5, 5.41) is 0. The van der Waals surface area contributed by atoms with Crippen LogP contribution in [0.2, 0.25) is 0 Å². The Morgan fingerprint density at radius 2 is 1.89 bits per heavy atom. The van der Waals surface area contributed by atoms with Crippen LogP contribution in [-0.4, -0.2) is 0 Å². The van der Waals surface area contributed by atoms with Gasteiger partial charge in [0.2, 0.25) is 0 Å². The second-order valence-corrected chi connectivity index (χ2v) is 2.60. The quantitative estimate of drug-likeness (QED) is 0.521. The van der Waals surface area contributed by atoms with Gasteiger partial charge >= 0.3 is 0 Å². The topological polar surface area (TPSA) is 9.23 Å². The van der Waals surface area contributed by atoms with E-state index in [0.717, 1.165) is 6.42 Å². The van der Waals surface area contributed by atoms with Crippen LogP contribution in [0.3, 0.4) is 0 Å². The van der Waals surface area contributed by atoms with Gasteiger partial charge in [0.1, 0.15) is 0 Å². The lowest BCUT2D eigenvalue weighted by atomic mass is 9.87. The van der Waals surface area contributed by atoms with Crippen molar-refractivity contribution in [3.63, 3.8) is 0 Å². The number of hydrogen-bond donors (Lipinski definition) is 0. The van der Waals surface area contributed by atoms with Crippen LogP contribution in [-0.2, 0) is 4.74 Å². The maximum absolute atomic E-state index is 4.91. The lowest BCUT2D eigenvalue weighted by molar-refractivity contribution is 0.356. The Bertz CT molecular complexity index is 133. The minimum absolute atomic E-state index is 0.234. The first-order valence-electron chi connectivity index (χ1n) is 3.28. The van der Waals surface area contributed by atoms with Crippen molar-refractivity contribution < 1.29 is 4.74 Å². The molecular weight excluding hydrogens is 112 g/mol. The highest BCUT2D eigenvalue weighted by atomic mass is 16.5. The molecule has 0 saturated heterocycles. The molecule has 0 bridgehead atoms. The summed E-state index contributed by atoms with van der Waals surface area (Å²) in [6.45, 7) is 4.35. The Labute approximate surface area is 56.0 Å². The van der Waals surface area contributed by atoms with E-state index in [1.54, 1.807) is 12.5 Å². The van der Waals surface area contributed by atoms with Crippen molar-refractivity contribution in [3.05, 3.63) is 24.7 Å². The molecule has 0 amide bonds. The summed E-state index contributed by atoms with van der Waals surface area (Å²) in [6.07, 6.45) is 8.76. The van der Waals surface area contributed by atoms with Crippen LogP contribution >= 0.6 is 0 Å². The Hall–Kier alpha value is -0.720. The van der Waals surface area contributed by atoms with E-state index >= 15 is 0 Å². The third-order valence-corrected chi connectivity index (χ3v) is 1.82. The summed E-state index contributed by atoms with van der Waals surface area (Å²) in [4.78, 5) is 0. The monoisotopic (exact) mass is 124 g/mol. The molecule has 0 saturated carbocycles. The Morgan fingerprint density at radius 3 is 2.22 bits per heavy atom. The van der Waals surface area contributed by atoms with E-state index in [2.05, 4.69) is 26.0 Å². The summed E-state index contributed by atoms with van der Waals surface area (Å²) in [6, 6.07) is 0. The molecule has 0 aromatic heterocycles. The second-order valence-electron chi connectivity index (χ2n) is 2.60. The molecule has 0 fully saturated rings. The van der Waals surface area contributed by atoms with Crippen LogP contribution in [0, 0.1) is 5.41 Å². The zero-order valence-electron chi connectivity index (χ0n) is 5.92. The summed E-state index contributed by atoms with van der Waals surface area (Å²) < 4.78 is 4.91. The van der Waals surface area contributed by atoms with E-state index in [9.17, 15) is 0 Å². The van der Waals surface area contributed by atoms with Gasteiger partial charge in [0, 0.05) is 5.41 Å². The fourth-order valence-corrected chi connectivity index (χ4v) is 0.726. The van der Waals surface area contributed by atoms with Crippen molar-refractivity contribution >= 4 is 0 Å². The van der Waals surface area contributed by atoms with Crippen LogP contribution in [0.1, 0.15) is 20.3 Å². The molecule has 0 radical (unpaired) electrons. The molecule has 0 aromatic carbocycles. The van der Waals surface area contributed by atoms with Crippen LogP contribution in [0.25, 0.3) is 0 Å². The molecular formula is C8H12O. The molecule has 50 valence electrons. The van der Waals surface area contributed by atoms with Crippen LogP contribution in [0.15, 0.2) is 24.7 Å². The van der Waals surface area contributed by atoms with Crippen molar-refractivity contribution in [2.24, 2.45) is 5.41 Å². The lowest BCUT2D eigenvalue weighted by Crippen LogP contribution is -2.09. The van der Waals surface area contributed by atoms with Gasteiger partial charge in [0.05, 0.1) is 12.5 Å². The van der Waals surface area contributed by atoms with Crippen molar-refractivity contribution in [3.8, 4) is 0 Å². The normalized spacial score (nSPS) is 21.6. The van der Waals surface area contributed by atoms with Gasteiger partial charge in [0.15, 0.2) is 0 Å². The molecule has 0 N–H and O–H groups in total. The predicted molar refractivity (Wildman–Crippen MR) is 37.8 cm³/mol. The minimum Gasteiger partial charge on any atom is -0.473 e. The first-order chi connectivity index (χ1) is 4.27. The summed E-state index contributed by atoms with van der Waals surface area (Å²) in [7, 11) is 0. The molecule has 0 aromatic rings. The average Bonchev–Trinajstić information content (AvgIpc) is 1.90. The van der Waals surface area contributed by atoms with E-state index in [-0.39, 0.29) is 5.41 Å². The third kappa shape index (κ3) is 1.35. The molecule has 1 rings (SSSR count). The van der Waals surface area contributed by atoms with Gasteiger partial charge in [-0.2, -0.15) is 0 Å². The second kappa shape index (κ2) is 2.26. The number of allylic oxidation sites excluding steroid dienone is 2. The summed E-state index contributed by atoms with van der Waals surface area (Å²) in [5.41, 5.74) is 0.234. The Balaban J connectivity index is 2.67. The van der Waals surface area contributed by atoms with E-state index < -0.39 is 0 Å². The maximum Gasteiger partial charge on any atom is 0.0870 e. The van der Waals surface area contributed by atoms with E-state index in [1.807, 2.05) is 0 Å². The van der Waals surface area contributed by atoms with Gasteiger partial charge in [-0.3, -0.25) is 0 Å². The van der Waals surface area contributed by atoms with Gasteiger partial charge < -0.3 is 4.74 Å². The van der Waals surface area contributed by atoms with Gasteiger partial charge in [-0.25, -0.2) is 0 Å². The molecule has 1 heterocycles. The predicted octanol–water partition coefficient (Wildman–Crippen LogP) is 2.46. The fraction of sp³-hybridized carbons (Fsp3) is 0.500. The summed E-state index contributed by atoms with van der Waals surface area (Å²) >= 11 is 0. The molecule has 9 heavy (non-hydrogen) atoms. The van der Waals surface area contributed by atoms with Gasteiger partial charge in [-0.1, -0.05) is 13.8 Å². The first-order valence-corrected chi connectivity index (χ1v) is 3.28. The Morgan fingerprint density at radius 1 is 1.33 bits per heavy atom. The molecule has 1 heteroatoms. The standard InChI is InChI=1S/C8H12O/c1-3-8(2)4-6-9-7-5-8/h4-7H,3H2,1-2H3. The highest BCUT2D eigenvalue weighted by Gasteiger charge is 2.15. The zero-order chi connectivity index (χ0) is 6.74. The smallest absolute Gasteiger partial charge is 0.0870 e. The molecule has 1 nitrogen and oxygen atoms in total. The van der Waals surface area contributed by atoms with Crippen molar-refractivity contribution in [1.29, 1.82) is 0 Å². The van der Waals surface area contributed by atoms with Crippen LogP contribution in [0.5, 0.6) is 0 Å². The average molecular weight is 124 g/mol. The summed E-state index contributed by atoms with van der Waals surface area (Å²) in [5.74, 6) is 0. The maximum atomic E-state index is 4.91. The van der Waals surface area contributed by atoms with Crippen molar-refractivity contribution in [1.82, 2.24) is 0 Å². The zero-order valence-corrected chi connectivity index (χ0v) is 5.92. The minimum atomic E-state index is 0.234. The first kappa shape index (κ1) is 6.40. The molecule has 0 spiro atoms. The molecule has 0 aliphatic carbocycles. The van der Waals surface area contributed by atoms with Crippen LogP contribution in [0.4, 0.5) is 0 Å². The highest BCUT2D eigenvalue weighted by Crippen LogP contribution is 2.26. The van der Waals surface area contributed by atoms with E-state index in [0.29, 0.717) is 0 Å². The van der Waals surface area contributed by atoms with Crippen molar-refractivity contribution in [2.45, 2.75) is 20.3 Å². The number of ether oxygens (including phenoxy) is 1. The van der Waals surface area contributed by atoms with Crippen molar-refractivity contribution in [2.75, 3.05) is 0 Å². The Kier molecular flexibility index (Phi) is 1.60. The van der Waals surface area contributed by atoms with E-state index in [4.69, 9.17) is 4.74 Å². The molecule has 1 aliphatic rings. The largest absolute Gasteiger partial charge is 0.473 e. The van der Waals surface area contributed by atoms with Gasteiger partial charge in [0.25, 0.3) is 0 Å². The fourth-order valence-electron chi connectivity index (χ4n) is 0.726.